The summed E-state index contributed by atoms with van der Waals surface area (Å²) in [6, 6.07) is 75.2. The first-order valence-electron chi connectivity index (χ1n) is 37.4. The number of carbonyl (C=O) groups is 10. The molecule has 0 bridgehead atoms. The highest BCUT2D eigenvalue weighted by Gasteiger charge is 2.59. The fourth-order valence-corrected chi connectivity index (χ4v) is 13.0. The summed E-state index contributed by atoms with van der Waals surface area (Å²) in [7, 11) is 0. The lowest BCUT2D eigenvalue weighted by molar-refractivity contribution is -0.337. The summed E-state index contributed by atoms with van der Waals surface area (Å²) in [6.45, 7) is 0.924. The Kier molecular flexibility index (Phi) is 28.7. The maximum Gasteiger partial charge on any atom is 0.338 e. The van der Waals surface area contributed by atoms with Crippen LogP contribution in [-0.2, 0) is 75.8 Å². The van der Waals surface area contributed by atoms with E-state index in [0.717, 1.165) is 0 Å². The Morgan fingerprint density at radius 2 is 0.408 bits per heavy atom. The molecule has 10 aromatic carbocycles. The zero-order chi connectivity index (χ0) is 84.1. The Morgan fingerprint density at radius 1 is 0.233 bits per heavy atom. The fourth-order valence-electron chi connectivity index (χ4n) is 12.9. The molecule has 3 aliphatic heterocycles. The van der Waals surface area contributed by atoms with E-state index >= 15 is 14.4 Å². The highest BCUT2D eigenvalue weighted by Crippen LogP contribution is 2.41. The lowest BCUT2D eigenvalue weighted by atomic mass is 9.96. The van der Waals surface area contributed by atoms with Crippen LogP contribution in [0.4, 0.5) is 0 Å². The molecule has 3 fully saturated rings. The van der Waals surface area contributed by atoms with Gasteiger partial charge in [0.25, 0.3) is 0 Å². The van der Waals surface area contributed by atoms with Crippen molar-refractivity contribution < 1.29 is 124 Å². The molecular formula is C91H73Cl3O26. The van der Waals surface area contributed by atoms with Crippen LogP contribution in [0.2, 0.25) is 0 Å². The van der Waals surface area contributed by atoms with Crippen LogP contribution in [0.1, 0.15) is 104 Å². The number of benzene rings is 10. The second-order valence-electron chi connectivity index (χ2n) is 26.9. The number of carbonyl (C=O) groups excluding carboxylic acids is 10. The van der Waals surface area contributed by atoms with E-state index < -0.39 is 181 Å². The fraction of sp³-hybridized carbons (Fsp3) is 0.209. The Morgan fingerprint density at radius 3 is 0.625 bits per heavy atom. The second-order valence-corrected chi connectivity index (χ2v) is 29.2. The first-order chi connectivity index (χ1) is 58.2. The van der Waals surface area contributed by atoms with Crippen molar-refractivity contribution in [3.63, 3.8) is 0 Å². The minimum Gasteiger partial charge on any atom is -0.461 e. The van der Waals surface area contributed by atoms with Crippen molar-refractivity contribution in [1.82, 2.24) is 0 Å². The summed E-state index contributed by atoms with van der Waals surface area (Å²) in [5.41, 5.74) is -0.553. The van der Waals surface area contributed by atoms with Gasteiger partial charge in [-0.15, -0.1) is 0 Å². The molecule has 3 aliphatic rings. The predicted octanol–water partition coefficient (Wildman–Crippen LogP) is 14.0. The molecule has 0 aromatic heterocycles. The molecule has 0 N–H and O–H groups in total. The molecule has 10 aromatic rings. The van der Waals surface area contributed by atoms with Gasteiger partial charge in [0.15, 0.2) is 61.4 Å². The molecule has 0 radical (unpaired) electrons. The molecule has 3 saturated heterocycles. The van der Waals surface area contributed by atoms with Crippen LogP contribution in [0.15, 0.2) is 316 Å². The third kappa shape index (κ3) is 21.9. The molecule has 29 heteroatoms. The third-order valence-electron chi connectivity index (χ3n) is 18.9. The van der Waals surface area contributed by atoms with E-state index in [1.165, 1.54) is 206 Å². The SMILES string of the molecule is C=C(OC1O[C@H](CO[C@@H]2O[C@H](CO[C@@H]3O[C@H](COC(=O)c4ccccc4)[C@@H](OC(=O)c4ccccc4)[C@H](OC(=O)c4ccccc4)[C@H]3OC(=O)c3ccccc3)[C@@H](OC(=O)c3ccccc3)[C@H](OC(=O)c3ccccc3)[C@H]2OC(=O)c2ccccc2)[C@@H](OC(=O)c2ccccc2)[C@H](OC(=O)c2ccccc2)[C@H]1OC(=O)c1ccccc1)C(Cl)(Cl)Cl. The maximum absolute atomic E-state index is 15.2. The summed E-state index contributed by atoms with van der Waals surface area (Å²) in [6.07, 6.45) is -30.5. The van der Waals surface area contributed by atoms with Gasteiger partial charge in [-0.25, -0.2) is 47.9 Å². The van der Waals surface area contributed by atoms with E-state index in [2.05, 4.69) is 6.58 Å². The van der Waals surface area contributed by atoms with Crippen LogP contribution in [0.25, 0.3) is 0 Å². The van der Waals surface area contributed by atoms with Gasteiger partial charge in [0.05, 0.1) is 68.8 Å². The van der Waals surface area contributed by atoms with Gasteiger partial charge in [0, 0.05) is 0 Å². The molecule has 0 amide bonds. The lowest BCUT2D eigenvalue weighted by Crippen LogP contribution is -2.66. The van der Waals surface area contributed by atoms with Crippen LogP contribution < -0.4 is 0 Å². The van der Waals surface area contributed by atoms with Crippen LogP contribution in [0, 0.1) is 0 Å². The van der Waals surface area contributed by atoms with Gasteiger partial charge < -0.3 is 75.8 Å². The molecule has 0 saturated carbocycles. The first-order valence-corrected chi connectivity index (χ1v) is 38.5. The largest absolute Gasteiger partial charge is 0.461 e. The van der Waals surface area contributed by atoms with Gasteiger partial charge >= 0.3 is 59.7 Å². The number of hydrogen-bond acceptors (Lipinski definition) is 26. The maximum atomic E-state index is 15.2. The normalized spacial score (nSPS) is 22.5. The van der Waals surface area contributed by atoms with Gasteiger partial charge in [-0.05, 0) is 121 Å². The minimum atomic E-state index is -2.47. The Bertz CT molecular complexity index is 5160. The smallest absolute Gasteiger partial charge is 0.338 e. The number of hydrogen-bond donors (Lipinski definition) is 0. The van der Waals surface area contributed by atoms with Gasteiger partial charge in [-0.1, -0.05) is 223 Å². The summed E-state index contributed by atoms with van der Waals surface area (Å²) >= 11 is 19.3. The Hall–Kier alpha value is -12.9. The van der Waals surface area contributed by atoms with Crippen molar-refractivity contribution in [2.75, 3.05) is 19.8 Å². The molecule has 0 aliphatic carbocycles. The van der Waals surface area contributed by atoms with E-state index in [1.54, 1.807) is 97.1 Å². The summed E-state index contributed by atoms with van der Waals surface area (Å²) in [5, 5.41) is 0. The van der Waals surface area contributed by atoms with Crippen LogP contribution in [0.3, 0.4) is 0 Å². The van der Waals surface area contributed by atoms with Crippen molar-refractivity contribution >= 4 is 94.5 Å². The average Bonchev–Trinajstić information content (AvgIpc) is 0.771. The van der Waals surface area contributed by atoms with E-state index in [1.807, 2.05) is 0 Å². The minimum absolute atomic E-state index is 0.0165. The van der Waals surface area contributed by atoms with E-state index in [9.17, 15) is 33.6 Å². The van der Waals surface area contributed by atoms with Crippen molar-refractivity contribution in [3.05, 3.63) is 371 Å². The zero-order valence-electron chi connectivity index (χ0n) is 63.1. The molecule has 3 heterocycles. The van der Waals surface area contributed by atoms with Crippen molar-refractivity contribution in [1.29, 1.82) is 0 Å². The third-order valence-corrected chi connectivity index (χ3v) is 19.5. The predicted molar refractivity (Wildman–Crippen MR) is 426 cm³/mol. The summed E-state index contributed by atoms with van der Waals surface area (Å²) in [4.78, 5) is 148. The molecule has 1 unspecified atom stereocenters. The van der Waals surface area contributed by atoms with Crippen molar-refractivity contribution in [2.45, 2.75) is 95.9 Å². The highest BCUT2D eigenvalue weighted by atomic mass is 35.6. The van der Waals surface area contributed by atoms with Gasteiger partial charge in [0.2, 0.25) is 16.2 Å². The van der Waals surface area contributed by atoms with E-state index in [4.69, 9.17) is 111 Å². The van der Waals surface area contributed by atoms with E-state index in [0.29, 0.717) is 0 Å². The summed E-state index contributed by atoms with van der Waals surface area (Å²) < 4.78 is 101. The van der Waals surface area contributed by atoms with Gasteiger partial charge in [0.1, 0.15) is 30.7 Å². The van der Waals surface area contributed by atoms with Crippen LogP contribution in [0.5, 0.6) is 0 Å². The number of esters is 10. The van der Waals surface area contributed by atoms with Gasteiger partial charge in [-0.2, -0.15) is 0 Å². The number of alkyl halides is 3. The Balaban J connectivity index is 0.962. The monoisotopic (exact) mass is 1690 g/mol. The van der Waals surface area contributed by atoms with Crippen molar-refractivity contribution in [2.24, 2.45) is 0 Å². The van der Waals surface area contributed by atoms with Crippen LogP contribution >= 0.6 is 34.8 Å². The topological polar surface area (TPSA) is 318 Å². The van der Waals surface area contributed by atoms with Crippen molar-refractivity contribution in [3.8, 4) is 0 Å². The molecule has 13 rings (SSSR count). The average molecular weight is 1690 g/mol. The molecule has 15 atom stereocenters. The molecular weight excluding hydrogens is 1620 g/mol. The standard InChI is InChI=1S/C91H73Cl3O26/c1-55(91(92,93)94)108-90-77(120-87(104)65-50-30-11-31-51-65)74(117-84(101)62-44-24-8-25-45-62)71(114-81(98)59-38-18-5-19-39-59)68(111-90)54-107-89-76(119-86(103)64-48-28-10-29-49-64)73(116-83(100)61-42-22-7-23-43-61)70(113-80(97)58-36-16-4-17-37-58)67(110-89)53-106-88-75(118-85(102)63-46-26-9-27-47-63)72(115-82(99)60-40-20-6-21-41-60)69(112-79(96)57-34-14-3-15-35-57)66(109-88)52-105-78(95)56-32-12-2-13-33-56/h2-51,66-77,88-90H,1,52-54H2/t66-,67-,68-,69-,70-,71-,72+,73+,74+,75-,76-,77-,88-,89-,90?/m1/s1. The first kappa shape index (κ1) is 85.0. The second kappa shape index (κ2) is 40.5. The zero-order valence-corrected chi connectivity index (χ0v) is 65.4. The molecule has 26 nitrogen and oxygen atoms in total. The molecule has 0 spiro atoms. The summed E-state index contributed by atoms with van der Waals surface area (Å²) in [5.74, 6) is -11.3. The quantitative estimate of drug-likeness (QED) is 0.0182. The number of halogens is 3. The molecule has 614 valence electrons. The highest BCUT2D eigenvalue weighted by molar-refractivity contribution is 6.69. The van der Waals surface area contributed by atoms with Crippen LogP contribution in [-0.4, -0.2) is 175 Å². The van der Waals surface area contributed by atoms with Gasteiger partial charge in [-0.3, -0.25) is 0 Å². The van der Waals surface area contributed by atoms with E-state index in [-0.39, 0.29) is 55.6 Å². The lowest BCUT2D eigenvalue weighted by Gasteiger charge is -2.47. The number of allylic oxidation sites excluding steroid dienone is 1. The Labute approximate surface area is 701 Å². The molecule has 120 heavy (non-hydrogen) atoms. The number of ether oxygens (including phenoxy) is 16. The number of rotatable bonds is 29.